The van der Waals surface area contributed by atoms with Crippen LogP contribution in [-0.4, -0.2) is 74.3 Å². The van der Waals surface area contributed by atoms with Gasteiger partial charge in [-0.3, -0.25) is 9.47 Å². The number of amides is 1. The average Bonchev–Trinajstić information content (AvgIpc) is 3.29. The molecule has 35 heavy (non-hydrogen) atoms. The summed E-state index contributed by atoms with van der Waals surface area (Å²) in [7, 11) is 3.24. The van der Waals surface area contributed by atoms with E-state index in [4.69, 9.17) is 14.6 Å². The van der Waals surface area contributed by atoms with Crippen LogP contribution in [0.4, 0.5) is 10.6 Å². The minimum Gasteiger partial charge on any atom is -0.427 e. The highest BCUT2D eigenvalue weighted by Crippen LogP contribution is 2.19. The third-order valence-electron chi connectivity index (χ3n) is 4.91. The van der Waals surface area contributed by atoms with E-state index in [1.807, 2.05) is 6.92 Å². The molecular weight excluding hydrogens is 454 g/mol. The smallest absolute Gasteiger partial charge is 0.416 e. The van der Waals surface area contributed by atoms with Crippen LogP contribution < -0.4 is 10.2 Å². The van der Waals surface area contributed by atoms with Gasteiger partial charge in [0.2, 0.25) is 0 Å². The Balaban J connectivity index is 1.68. The van der Waals surface area contributed by atoms with Gasteiger partial charge in [0.15, 0.2) is 18.7 Å². The van der Waals surface area contributed by atoms with Gasteiger partial charge in [-0.15, -0.1) is 0 Å². The number of carbonyl (C=O) groups excluding carboxylic acids is 1. The second kappa shape index (κ2) is 12.7. The number of aromatic nitrogens is 5. The highest BCUT2D eigenvalue weighted by molar-refractivity contribution is 5.86. The fraction of sp³-hybridized carbons (Fsp3) is 0.348. The Hall–Kier alpha value is -3.71. The van der Waals surface area contributed by atoms with Crippen LogP contribution in [0.15, 0.2) is 48.7 Å². The first-order chi connectivity index (χ1) is 16.9. The molecule has 0 spiro atoms. The molecule has 0 aliphatic carbocycles. The highest BCUT2D eigenvalue weighted by Gasteiger charge is 2.19. The van der Waals surface area contributed by atoms with Crippen LogP contribution in [0, 0.1) is 0 Å². The standard InChI is InChI=1S/C23H29N7O5/c1-16(11-31)6-4-8-18-20-22(27-13-26-18)30(14-28-20)15-35-23(33)29(3)21-17(7-5-9-25-21)12-34-19(32)10-24-2/h4-9,13-14,19,24,31-32H,10-12,15H2,1-3H3/b8-4+,16-6+. The van der Waals surface area contributed by atoms with Gasteiger partial charge in [0.1, 0.15) is 17.7 Å². The van der Waals surface area contributed by atoms with Crippen LogP contribution >= 0.6 is 0 Å². The van der Waals surface area contributed by atoms with Crippen molar-refractivity contribution in [3.05, 3.63) is 60.0 Å². The fourth-order valence-corrected chi connectivity index (χ4v) is 3.04. The number of imidazole rings is 1. The van der Waals surface area contributed by atoms with Gasteiger partial charge in [0.05, 0.1) is 25.2 Å². The van der Waals surface area contributed by atoms with Gasteiger partial charge in [-0.25, -0.2) is 24.7 Å². The maximum absolute atomic E-state index is 12.7. The SMILES string of the molecule is CNCC(O)OCc1cccnc1N(C)C(=O)OCn1cnc2c(/C=C/C=C(\C)CO)ncnc21. The number of aliphatic hydroxyl groups excluding tert-OH is 2. The van der Waals surface area contributed by atoms with Crippen molar-refractivity contribution >= 4 is 29.2 Å². The highest BCUT2D eigenvalue weighted by atomic mass is 16.6. The number of likely N-dealkylation sites (N-methyl/N-ethyl adjacent to an activating group) is 1. The molecule has 3 aromatic heterocycles. The zero-order valence-electron chi connectivity index (χ0n) is 19.8. The number of hydrogen-bond acceptors (Lipinski definition) is 10. The Morgan fingerprint density at radius 1 is 1.31 bits per heavy atom. The number of hydrogen-bond donors (Lipinski definition) is 3. The zero-order valence-corrected chi connectivity index (χ0v) is 19.8. The van der Waals surface area contributed by atoms with Crippen molar-refractivity contribution in [2.45, 2.75) is 26.6 Å². The van der Waals surface area contributed by atoms with Gasteiger partial charge in [0, 0.05) is 25.4 Å². The molecule has 0 radical (unpaired) electrons. The summed E-state index contributed by atoms with van der Waals surface area (Å²) < 4.78 is 12.4. The maximum atomic E-state index is 12.7. The molecular formula is C23H29N7O5. The quantitative estimate of drug-likeness (QED) is 0.270. The van der Waals surface area contributed by atoms with Crippen LogP contribution in [0.3, 0.4) is 0 Å². The first-order valence-electron chi connectivity index (χ1n) is 10.8. The van der Waals surface area contributed by atoms with Gasteiger partial charge in [-0.05, 0) is 31.7 Å². The molecule has 186 valence electrons. The summed E-state index contributed by atoms with van der Waals surface area (Å²) in [4.78, 5) is 31.1. The molecule has 1 atom stereocenters. The van der Waals surface area contributed by atoms with Gasteiger partial charge in [-0.2, -0.15) is 0 Å². The van der Waals surface area contributed by atoms with Crippen LogP contribution in [0.1, 0.15) is 18.2 Å². The number of anilines is 1. The minimum atomic E-state index is -0.990. The molecule has 3 rings (SSSR count). The molecule has 3 aromatic rings. The molecule has 12 nitrogen and oxygen atoms in total. The molecule has 0 bridgehead atoms. The molecule has 3 heterocycles. The largest absolute Gasteiger partial charge is 0.427 e. The minimum absolute atomic E-state index is 0.0245. The summed E-state index contributed by atoms with van der Waals surface area (Å²) in [6.45, 7) is 2.00. The Bertz CT molecular complexity index is 1190. The topological polar surface area (TPSA) is 148 Å². The van der Waals surface area contributed by atoms with E-state index in [1.165, 1.54) is 24.6 Å². The number of allylic oxidation sites excluding steroid dienone is 2. The number of rotatable bonds is 11. The summed E-state index contributed by atoms with van der Waals surface area (Å²) >= 11 is 0. The van der Waals surface area contributed by atoms with Gasteiger partial charge in [-0.1, -0.05) is 18.2 Å². The van der Waals surface area contributed by atoms with Gasteiger partial charge in [0.25, 0.3) is 0 Å². The molecule has 1 amide bonds. The predicted molar refractivity (Wildman–Crippen MR) is 129 cm³/mol. The zero-order chi connectivity index (χ0) is 25.2. The second-order valence-corrected chi connectivity index (χ2v) is 7.58. The van der Waals surface area contributed by atoms with E-state index in [2.05, 4.69) is 25.3 Å². The monoisotopic (exact) mass is 483 g/mol. The number of fused-ring (bicyclic) bond motifs is 1. The summed E-state index contributed by atoms with van der Waals surface area (Å²) in [5, 5.41) is 21.7. The van der Waals surface area contributed by atoms with E-state index in [9.17, 15) is 9.90 Å². The number of aliphatic hydroxyl groups is 2. The van der Waals surface area contributed by atoms with Crippen LogP contribution in [0.25, 0.3) is 17.2 Å². The van der Waals surface area contributed by atoms with Crippen LogP contribution in [0.2, 0.25) is 0 Å². The predicted octanol–water partition coefficient (Wildman–Crippen LogP) is 1.46. The van der Waals surface area contributed by atoms with Crippen molar-refractivity contribution in [1.29, 1.82) is 0 Å². The van der Waals surface area contributed by atoms with E-state index in [0.717, 1.165) is 5.57 Å². The second-order valence-electron chi connectivity index (χ2n) is 7.58. The van der Waals surface area contributed by atoms with E-state index in [1.54, 1.807) is 48.2 Å². The van der Waals surface area contributed by atoms with Gasteiger partial charge >= 0.3 is 6.09 Å². The first kappa shape index (κ1) is 25.9. The lowest BCUT2D eigenvalue weighted by molar-refractivity contribution is -0.104. The molecule has 12 heteroatoms. The maximum Gasteiger partial charge on any atom is 0.416 e. The molecule has 3 N–H and O–H groups in total. The number of carbonyl (C=O) groups is 1. The average molecular weight is 484 g/mol. The first-order valence-corrected chi connectivity index (χ1v) is 10.8. The van der Waals surface area contributed by atoms with Crippen LogP contribution in [0.5, 0.6) is 0 Å². The van der Waals surface area contributed by atoms with E-state index in [-0.39, 0.29) is 26.5 Å². The van der Waals surface area contributed by atoms with Crippen molar-refractivity contribution in [3.63, 3.8) is 0 Å². The summed E-state index contributed by atoms with van der Waals surface area (Å²) in [6, 6.07) is 3.47. The summed E-state index contributed by atoms with van der Waals surface area (Å²) in [5.41, 5.74) is 3.07. The van der Waals surface area contributed by atoms with Crippen molar-refractivity contribution < 1.29 is 24.5 Å². The van der Waals surface area contributed by atoms with Gasteiger partial charge < -0.3 is 25.0 Å². The molecule has 0 aromatic carbocycles. The number of nitrogens with one attached hydrogen (secondary N) is 1. The number of ether oxygens (including phenoxy) is 2. The Morgan fingerprint density at radius 3 is 2.91 bits per heavy atom. The van der Waals surface area contributed by atoms with Crippen molar-refractivity contribution in [2.75, 3.05) is 32.1 Å². The normalized spacial score (nSPS) is 12.9. The fourth-order valence-electron chi connectivity index (χ4n) is 3.04. The van der Waals surface area contributed by atoms with Crippen molar-refractivity contribution in [2.24, 2.45) is 0 Å². The lowest BCUT2D eigenvalue weighted by atomic mass is 10.2. The lowest BCUT2D eigenvalue weighted by Gasteiger charge is -2.20. The lowest BCUT2D eigenvalue weighted by Crippen LogP contribution is -2.30. The van der Waals surface area contributed by atoms with Crippen LogP contribution in [-0.2, 0) is 22.8 Å². The summed E-state index contributed by atoms with van der Waals surface area (Å²) in [5.74, 6) is 0.352. The molecule has 0 fully saturated rings. The van der Waals surface area contributed by atoms with E-state index >= 15 is 0 Å². The van der Waals surface area contributed by atoms with E-state index < -0.39 is 12.4 Å². The third-order valence-corrected chi connectivity index (χ3v) is 4.91. The number of pyridine rings is 1. The molecule has 0 saturated carbocycles. The molecule has 0 saturated heterocycles. The molecule has 1 unspecified atom stereocenters. The molecule has 0 aliphatic rings. The van der Waals surface area contributed by atoms with Crippen molar-refractivity contribution in [1.82, 2.24) is 29.8 Å². The van der Waals surface area contributed by atoms with Crippen molar-refractivity contribution in [3.8, 4) is 0 Å². The third kappa shape index (κ3) is 6.90. The summed E-state index contributed by atoms with van der Waals surface area (Å²) in [6.07, 6.45) is 8.16. The Labute approximate surface area is 202 Å². The van der Waals surface area contributed by atoms with E-state index in [0.29, 0.717) is 28.2 Å². The molecule has 0 aliphatic heterocycles. The Morgan fingerprint density at radius 2 is 2.14 bits per heavy atom. The Kier molecular flexibility index (Phi) is 9.38. The number of nitrogens with zero attached hydrogens (tertiary/aromatic N) is 6.